The van der Waals surface area contributed by atoms with Gasteiger partial charge in [0.15, 0.2) is 5.78 Å². The maximum Gasteiger partial charge on any atom is 0.164 e. The van der Waals surface area contributed by atoms with Gasteiger partial charge in [0.25, 0.3) is 0 Å². The lowest BCUT2D eigenvalue weighted by atomic mass is 9.96. The number of ketones is 1. The van der Waals surface area contributed by atoms with Gasteiger partial charge in [-0.3, -0.25) is 4.79 Å². The molecule has 25 heavy (non-hydrogen) atoms. The number of Topliss-reactive ketones (excluding diaryl/α,β-unsaturated/α-hetero) is 1. The summed E-state index contributed by atoms with van der Waals surface area (Å²) in [6.45, 7) is 7.89. The minimum absolute atomic E-state index is 0.0180. The van der Waals surface area contributed by atoms with Crippen molar-refractivity contribution in [2.45, 2.75) is 27.2 Å². The largest absolute Gasteiger partial charge is 0.633 e. The molecule has 0 bridgehead atoms. The number of likely N-dealkylation sites (N-methyl/N-ethyl adjacent to an activating group) is 1. The Labute approximate surface area is 148 Å². The van der Waals surface area contributed by atoms with E-state index in [1.807, 2.05) is 38.1 Å². The number of benzene rings is 1. The first-order valence-electron chi connectivity index (χ1n) is 8.66. The van der Waals surface area contributed by atoms with Crippen molar-refractivity contribution < 1.29 is 9.44 Å². The average Bonchev–Trinajstić information content (AvgIpc) is 2.61. The van der Waals surface area contributed by atoms with E-state index in [1.54, 1.807) is 13.0 Å². The van der Waals surface area contributed by atoms with Gasteiger partial charge in [0.05, 0.1) is 49.7 Å². The monoisotopic (exact) mass is 342 g/mol. The van der Waals surface area contributed by atoms with E-state index in [4.69, 9.17) is 5.41 Å². The van der Waals surface area contributed by atoms with Gasteiger partial charge in [-0.1, -0.05) is 0 Å². The molecule has 6 nitrogen and oxygen atoms in total. The van der Waals surface area contributed by atoms with Crippen molar-refractivity contribution >= 4 is 28.6 Å². The second kappa shape index (κ2) is 8.18. The molecular weight excluding hydrogens is 316 g/mol. The normalized spacial score (nSPS) is 17.0. The predicted molar refractivity (Wildman–Crippen MR) is 103 cm³/mol. The van der Waals surface area contributed by atoms with Gasteiger partial charge in [-0.2, -0.15) is 0 Å². The summed E-state index contributed by atoms with van der Waals surface area (Å²) in [5, 5.41) is 23.4. The Balaban J connectivity index is 1.99. The van der Waals surface area contributed by atoms with Gasteiger partial charge in [0.2, 0.25) is 0 Å². The molecule has 1 aliphatic carbocycles. The highest BCUT2D eigenvalue weighted by Gasteiger charge is 2.18. The molecule has 0 spiro atoms. The molecule has 0 amide bonds. The molecule has 134 valence electrons. The summed E-state index contributed by atoms with van der Waals surface area (Å²) in [5.41, 5.74) is 3.10. The topological polar surface area (TPSA) is 88.4 Å². The molecule has 0 radical (unpaired) electrons. The van der Waals surface area contributed by atoms with Crippen LogP contribution in [0.25, 0.3) is 0 Å². The van der Waals surface area contributed by atoms with Gasteiger partial charge in [-0.15, -0.1) is 0 Å². The fourth-order valence-corrected chi connectivity index (χ4v) is 2.60. The maximum absolute atomic E-state index is 12.2. The molecule has 6 heteroatoms. The lowest BCUT2D eigenvalue weighted by Crippen LogP contribution is -2.44. The molecule has 0 fully saturated rings. The van der Waals surface area contributed by atoms with E-state index in [9.17, 15) is 10.0 Å². The van der Waals surface area contributed by atoms with E-state index in [-0.39, 0.29) is 22.6 Å². The van der Waals surface area contributed by atoms with Crippen molar-refractivity contribution in [1.29, 1.82) is 5.41 Å². The smallest absolute Gasteiger partial charge is 0.164 e. The third-order valence-electron chi connectivity index (χ3n) is 4.56. The third-order valence-corrected chi connectivity index (χ3v) is 4.56. The predicted octanol–water partition coefficient (Wildman–Crippen LogP) is 3.46. The molecule has 0 unspecified atom stereocenters. The van der Waals surface area contributed by atoms with E-state index in [2.05, 4.69) is 10.3 Å². The van der Waals surface area contributed by atoms with Gasteiger partial charge < -0.3 is 20.6 Å². The SMILES string of the molecule is CC[N+]([O-])(CC)CCNc1ccc(N=C2C=C(C)C(=O)CC2=N)cc1. The number of hydroxylamine groups is 3. The zero-order valence-electron chi connectivity index (χ0n) is 15.1. The molecule has 1 aromatic rings. The first-order chi connectivity index (χ1) is 11.9. The minimum Gasteiger partial charge on any atom is -0.633 e. The Kier molecular flexibility index (Phi) is 6.22. The van der Waals surface area contributed by atoms with E-state index >= 15 is 0 Å². The van der Waals surface area contributed by atoms with Crippen molar-refractivity contribution in [3.8, 4) is 0 Å². The summed E-state index contributed by atoms with van der Waals surface area (Å²) < 4.78 is -0.189. The number of quaternary nitrogens is 1. The first kappa shape index (κ1) is 19.0. The Hall–Kier alpha value is -2.31. The molecule has 0 heterocycles. The molecule has 1 aromatic carbocycles. The number of nitrogens with zero attached hydrogens (tertiary/aromatic N) is 2. The van der Waals surface area contributed by atoms with Crippen molar-refractivity contribution in [3.63, 3.8) is 0 Å². The average molecular weight is 342 g/mol. The number of rotatable bonds is 7. The van der Waals surface area contributed by atoms with Crippen LogP contribution in [0.5, 0.6) is 0 Å². The molecule has 2 N–H and O–H groups in total. The van der Waals surface area contributed by atoms with Crippen LogP contribution in [0.4, 0.5) is 11.4 Å². The lowest BCUT2D eigenvalue weighted by molar-refractivity contribution is -0.875. The van der Waals surface area contributed by atoms with Gasteiger partial charge in [-0.05, 0) is 56.7 Å². The van der Waals surface area contributed by atoms with Crippen LogP contribution >= 0.6 is 0 Å². The van der Waals surface area contributed by atoms with Crippen LogP contribution < -0.4 is 5.32 Å². The summed E-state index contributed by atoms with van der Waals surface area (Å²) in [6.07, 6.45) is 1.78. The molecular formula is C19H26N4O2. The first-order valence-corrected chi connectivity index (χ1v) is 8.66. The van der Waals surface area contributed by atoms with E-state index in [0.29, 0.717) is 37.5 Å². The molecule has 2 rings (SSSR count). The van der Waals surface area contributed by atoms with E-state index < -0.39 is 0 Å². The molecule has 0 aliphatic heterocycles. The zero-order chi connectivity index (χ0) is 18.4. The van der Waals surface area contributed by atoms with Crippen molar-refractivity contribution in [1.82, 2.24) is 0 Å². The Morgan fingerprint density at radius 3 is 2.48 bits per heavy atom. The molecule has 0 atom stereocenters. The van der Waals surface area contributed by atoms with Crippen LogP contribution in [0.3, 0.4) is 0 Å². The second-order valence-corrected chi connectivity index (χ2v) is 6.29. The van der Waals surface area contributed by atoms with Crippen LogP contribution in [0.2, 0.25) is 0 Å². The number of anilines is 1. The summed E-state index contributed by atoms with van der Waals surface area (Å²) in [7, 11) is 0. The van der Waals surface area contributed by atoms with Crippen LogP contribution in [0, 0.1) is 10.6 Å². The van der Waals surface area contributed by atoms with E-state index in [1.165, 1.54) is 0 Å². The lowest BCUT2D eigenvalue weighted by Gasteiger charge is -2.41. The second-order valence-electron chi connectivity index (χ2n) is 6.29. The number of carbonyl (C=O) groups excluding carboxylic acids is 1. The fraction of sp³-hybridized carbons (Fsp3) is 0.421. The van der Waals surface area contributed by atoms with Crippen molar-refractivity contribution in [3.05, 3.63) is 41.1 Å². The molecule has 1 aliphatic rings. The molecule has 0 saturated carbocycles. The zero-order valence-corrected chi connectivity index (χ0v) is 15.1. The molecule has 0 saturated heterocycles. The fourth-order valence-electron chi connectivity index (χ4n) is 2.60. The number of hydrogen-bond donors (Lipinski definition) is 2. The highest BCUT2D eigenvalue weighted by atomic mass is 16.5. The molecule has 0 aromatic heterocycles. The standard InChI is InChI=1S/C19H26N4O2/c1-4-23(25,5-2)11-10-21-15-6-8-16(9-7-15)22-18-12-14(3)19(24)13-17(18)20/h6-9,12,20-21H,4-5,10-11,13H2,1-3H3. The Morgan fingerprint density at radius 2 is 1.88 bits per heavy atom. The van der Waals surface area contributed by atoms with Crippen LogP contribution in [-0.4, -0.2) is 48.0 Å². The van der Waals surface area contributed by atoms with Crippen LogP contribution in [0.1, 0.15) is 27.2 Å². The van der Waals surface area contributed by atoms with Crippen molar-refractivity contribution in [2.75, 3.05) is 31.5 Å². The Bertz CT molecular complexity index is 701. The van der Waals surface area contributed by atoms with Gasteiger partial charge in [0.1, 0.15) is 0 Å². The Morgan fingerprint density at radius 1 is 1.24 bits per heavy atom. The van der Waals surface area contributed by atoms with Crippen molar-refractivity contribution in [2.24, 2.45) is 4.99 Å². The van der Waals surface area contributed by atoms with Crippen LogP contribution in [-0.2, 0) is 4.79 Å². The number of aliphatic imine (C=N–C) groups is 1. The number of nitrogens with one attached hydrogen (secondary N) is 2. The summed E-state index contributed by atoms with van der Waals surface area (Å²) >= 11 is 0. The van der Waals surface area contributed by atoms with Gasteiger partial charge in [-0.25, -0.2) is 4.99 Å². The summed E-state index contributed by atoms with van der Waals surface area (Å²) in [6, 6.07) is 7.54. The quantitative estimate of drug-likeness (QED) is 0.587. The highest BCUT2D eigenvalue weighted by molar-refractivity contribution is 6.51. The highest BCUT2D eigenvalue weighted by Crippen LogP contribution is 2.19. The number of hydrogen-bond acceptors (Lipinski definition) is 5. The third kappa shape index (κ3) is 5.08. The minimum atomic E-state index is -0.189. The van der Waals surface area contributed by atoms with Crippen LogP contribution in [0.15, 0.2) is 40.9 Å². The van der Waals surface area contributed by atoms with Gasteiger partial charge >= 0.3 is 0 Å². The summed E-state index contributed by atoms with van der Waals surface area (Å²) in [5.74, 6) is -0.0180. The van der Waals surface area contributed by atoms with Gasteiger partial charge in [0, 0.05) is 5.69 Å². The number of allylic oxidation sites excluding steroid dienone is 2. The van der Waals surface area contributed by atoms with E-state index in [0.717, 1.165) is 11.4 Å². The maximum atomic E-state index is 12.2. The number of carbonyl (C=O) groups is 1. The summed E-state index contributed by atoms with van der Waals surface area (Å²) in [4.78, 5) is 16.0.